The molecule has 1 aliphatic rings. The fourth-order valence-electron chi connectivity index (χ4n) is 3.60. The molecule has 6 heteroatoms. The molecule has 3 aromatic heterocycles. The number of nitrogens with zero attached hydrogens (tertiary/aromatic N) is 4. The summed E-state index contributed by atoms with van der Waals surface area (Å²) in [6.45, 7) is 5.48. The molecule has 3 aromatic rings. The molecule has 1 atom stereocenters. The summed E-state index contributed by atoms with van der Waals surface area (Å²) in [6.07, 6.45) is 6.80. The van der Waals surface area contributed by atoms with Crippen LogP contribution in [0.25, 0.3) is 11.1 Å². The number of likely N-dealkylation sites (tertiary alicyclic amines) is 1. The molecule has 4 heterocycles. The highest BCUT2D eigenvalue weighted by Crippen LogP contribution is 2.26. The van der Waals surface area contributed by atoms with E-state index in [4.69, 9.17) is 4.42 Å². The molecule has 0 spiro atoms. The van der Waals surface area contributed by atoms with Gasteiger partial charge in [-0.25, -0.2) is 9.97 Å². The third-order valence-electron chi connectivity index (χ3n) is 4.87. The second-order valence-electron chi connectivity index (χ2n) is 6.60. The second-order valence-corrected chi connectivity index (χ2v) is 6.60. The fraction of sp³-hybridized carbons (Fsp3) is 0.421. The molecule has 0 saturated carbocycles. The Kier molecular flexibility index (Phi) is 4.03. The van der Waals surface area contributed by atoms with Gasteiger partial charge in [-0.15, -0.1) is 0 Å². The van der Waals surface area contributed by atoms with Gasteiger partial charge in [0.05, 0.1) is 6.04 Å². The van der Waals surface area contributed by atoms with Crippen LogP contribution in [0, 0.1) is 6.92 Å². The smallest absolute Gasteiger partial charge is 0.289 e. The number of furan rings is 1. The molecule has 0 aromatic carbocycles. The number of aryl methyl sites for hydroxylation is 2. The summed E-state index contributed by atoms with van der Waals surface area (Å²) in [7, 11) is 0. The zero-order valence-corrected chi connectivity index (χ0v) is 14.6. The second kappa shape index (κ2) is 6.35. The zero-order valence-electron chi connectivity index (χ0n) is 14.6. The first-order chi connectivity index (χ1) is 12.2. The van der Waals surface area contributed by atoms with Crippen molar-refractivity contribution in [3.63, 3.8) is 0 Å². The van der Waals surface area contributed by atoms with E-state index in [9.17, 15) is 4.79 Å². The lowest BCUT2D eigenvalue weighted by atomic mass is 10.0. The summed E-state index contributed by atoms with van der Waals surface area (Å²) in [6, 6.07) is 5.79. The van der Waals surface area contributed by atoms with Crippen LogP contribution in [0.2, 0.25) is 0 Å². The Labute approximate surface area is 146 Å². The van der Waals surface area contributed by atoms with Crippen molar-refractivity contribution in [2.75, 3.05) is 13.1 Å². The van der Waals surface area contributed by atoms with E-state index in [0.29, 0.717) is 17.9 Å². The van der Waals surface area contributed by atoms with Crippen LogP contribution in [0.15, 0.2) is 35.0 Å². The van der Waals surface area contributed by atoms with Crippen LogP contribution in [-0.2, 0) is 6.42 Å². The molecule has 1 aliphatic heterocycles. The number of imidazole rings is 1. The average molecular weight is 338 g/mol. The summed E-state index contributed by atoms with van der Waals surface area (Å²) >= 11 is 0. The summed E-state index contributed by atoms with van der Waals surface area (Å²) in [4.78, 5) is 23.6. The number of piperidine rings is 1. The minimum absolute atomic E-state index is 0.0569. The van der Waals surface area contributed by atoms with Gasteiger partial charge in [0.25, 0.3) is 5.91 Å². The molecule has 0 aliphatic carbocycles. The van der Waals surface area contributed by atoms with Crippen molar-refractivity contribution < 1.29 is 9.21 Å². The van der Waals surface area contributed by atoms with Crippen molar-refractivity contribution in [1.82, 2.24) is 19.4 Å². The summed E-state index contributed by atoms with van der Waals surface area (Å²) < 4.78 is 7.95. The molecular formula is C19H22N4O2. The van der Waals surface area contributed by atoms with Gasteiger partial charge in [0.2, 0.25) is 0 Å². The van der Waals surface area contributed by atoms with E-state index in [1.54, 1.807) is 6.07 Å². The van der Waals surface area contributed by atoms with E-state index in [1.165, 1.54) is 0 Å². The Morgan fingerprint density at radius 3 is 3.12 bits per heavy atom. The van der Waals surface area contributed by atoms with Gasteiger partial charge in [0, 0.05) is 43.7 Å². The Bertz CT molecular complexity index is 911. The lowest BCUT2D eigenvalue weighted by Gasteiger charge is -2.33. The van der Waals surface area contributed by atoms with Crippen LogP contribution in [0.3, 0.4) is 0 Å². The van der Waals surface area contributed by atoms with Crippen LogP contribution in [0.5, 0.6) is 0 Å². The number of fused-ring (bicyclic) bond motifs is 1. The molecule has 130 valence electrons. The molecule has 0 radical (unpaired) electrons. The Balaban J connectivity index is 1.56. The van der Waals surface area contributed by atoms with Crippen LogP contribution >= 0.6 is 0 Å². The van der Waals surface area contributed by atoms with E-state index in [-0.39, 0.29) is 11.9 Å². The van der Waals surface area contributed by atoms with Crippen molar-refractivity contribution >= 4 is 17.0 Å². The standard InChI is InChI=1S/C19H22N4O2/c1-3-18-20-8-10-23(18)14-5-4-9-22(12-14)19(24)17-11-15-16(25-17)7-6-13(2)21-15/h6-8,10-11,14H,3-5,9,12H2,1-2H3. The average Bonchev–Trinajstić information content (AvgIpc) is 3.27. The number of amides is 1. The topological polar surface area (TPSA) is 64.2 Å². The maximum Gasteiger partial charge on any atom is 0.289 e. The third kappa shape index (κ3) is 2.92. The van der Waals surface area contributed by atoms with E-state index in [2.05, 4.69) is 21.5 Å². The van der Waals surface area contributed by atoms with Gasteiger partial charge in [-0.05, 0) is 31.9 Å². The van der Waals surface area contributed by atoms with Crippen molar-refractivity contribution in [2.24, 2.45) is 0 Å². The number of pyridine rings is 1. The molecular weight excluding hydrogens is 316 g/mol. The Morgan fingerprint density at radius 2 is 2.28 bits per heavy atom. The monoisotopic (exact) mass is 338 g/mol. The van der Waals surface area contributed by atoms with Crippen LogP contribution in [0.4, 0.5) is 0 Å². The SMILES string of the molecule is CCc1nccn1C1CCCN(C(=O)c2cc3nc(C)ccc3o2)C1. The van der Waals surface area contributed by atoms with Crippen molar-refractivity contribution in [2.45, 2.75) is 39.2 Å². The molecule has 0 N–H and O–H groups in total. The molecule has 4 rings (SSSR count). The normalized spacial score (nSPS) is 18.0. The minimum Gasteiger partial charge on any atom is -0.449 e. The van der Waals surface area contributed by atoms with Crippen LogP contribution in [-0.4, -0.2) is 38.4 Å². The predicted molar refractivity (Wildman–Crippen MR) is 94.5 cm³/mol. The Morgan fingerprint density at radius 1 is 1.40 bits per heavy atom. The molecule has 25 heavy (non-hydrogen) atoms. The quantitative estimate of drug-likeness (QED) is 0.734. The highest BCUT2D eigenvalue weighted by atomic mass is 16.3. The molecule has 1 unspecified atom stereocenters. The number of aromatic nitrogens is 3. The van der Waals surface area contributed by atoms with Gasteiger partial charge >= 0.3 is 0 Å². The predicted octanol–water partition coefficient (Wildman–Crippen LogP) is 3.37. The maximum atomic E-state index is 12.9. The molecule has 6 nitrogen and oxygen atoms in total. The van der Waals surface area contributed by atoms with Gasteiger partial charge in [0.1, 0.15) is 11.3 Å². The first-order valence-corrected chi connectivity index (χ1v) is 8.84. The summed E-state index contributed by atoms with van der Waals surface area (Å²) in [5.74, 6) is 1.39. The van der Waals surface area contributed by atoms with E-state index >= 15 is 0 Å². The summed E-state index contributed by atoms with van der Waals surface area (Å²) in [5, 5.41) is 0. The van der Waals surface area contributed by atoms with E-state index in [0.717, 1.165) is 42.8 Å². The van der Waals surface area contributed by atoms with Gasteiger partial charge < -0.3 is 13.9 Å². The van der Waals surface area contributed by atoms with Gasteiger partial charge in [0.15, 0.2) is 11.3 Å². The van der Waals surface area contributed by atoms with E-state index in [1.807, 2.05) is 36.4 Å². The Hall–Kier alpha value is -2.63. The number of carbonyl (C=O) groups is 1. The minimum atomic E-state index is -0.0569. The van der Waals surface area contributed by atoms with Crippen molar-refractivity contribution in [3.05, 3.63) is 47.9 Å². The maximum absolute atomic E-state index is 12.9. The van der Waals surface area contributed by atoms with Gasteiger partial charge in [-0.2, -0.15) is 0 Å². The third-order valence-corrected chi connectivity index (χ3v) is 4.87. The lowest BCUT2D eigenvalue weighted by molar-refractivity contribution is 0.0648. The number of carbonyl (C=O) groups excluding carboxylic acids is 1. The van der Waals surface area contributed by atoms with Crippen LogP contribution in [0.1, 0.15) is 47.9 Å². The first-order valence-electron chi connectivity index (χ1n) is 8.84. The van der Waals surface area contributed by atoms with Crippen LogP contribution < -0.4 is 0 Å². The van der Waals surface area contributed by atoms with Crippen molar-refractivity contribution in [3.8, 4) is 0 Å². The number of hydrogen-bond donors (Lipinski definition) is 0. The van der Waals surface area contributed by atoms with E-state index < -0.39 is 0 Å². The molecule has 1 fully saturated rings. The number of rotatable bonds is 3. The van der Waals surface area contributed by atoms with Gasteiger partial charge in [-0.3, -0.25) is 4.79 Å². The highest BCUT2D eigenvalue weighted by Gasteiger charge is 2.28. The fourth-order valence-corrected chi connectivity index (χ4v) is 3.60. The lowest BCUT2D eigenvalue weighted by Crippen LogP contribution is -2.40. The molecule has 1 amide bonds. The molecule has 1 saturated heterocycles. The number of hydrogen-bond acceptors (Lipinski definition) is 4. The first kappa shape index (κ1) is 15.9. The summed E-state index contributed by atoms with van der Waals surface area (Å²) in [5.41, 5.74) is 2.31. The highest BCUT2D eigenvalue weighted by molar-refractivity contribution is 5.95. The van der Waals surface area contributed by atoms with Gasteiger partial charge in [-0.1, -0.05) is 6.92 Å². The van der Waals surface area contributed by atoms with Crippen molar-refractivity contribution in [1.29, 1.82) is 0 Å². The molecule has 0 bridgehead atoms. The zero-order chi connectivity index (χ0) is 17.4. The largest absolute Gasteiger partial charge is 0.449 e.